The number of nitrogens with one attached hydrogen (secondary N) is 2. The fourth-order valence-electron chi connectivity index (χ4n) is 2.36. The van der Waals surface area contributed by atoms with Gasteiger partial charge in [-0.25, -0.2) is 17.9 Å². The van der Waals surface area contributed by atoms with Crippen LogP contribution < -0.4 is 10.0 Å². The van der Waals surface area contributed by atoms with Crippen molar-refractivity contribution in [3.63, 3.8) is 0 Å². The van der Waals surface area contributed by atoms with Crippen LogP contribution in [0, 0.1) is 0 Å². The number of piperidine rings is 1. The molecule has 2 rings (SSSR count). The first-order valence-corrected chi connectivity index (χ1v) is 8.53. The van der Waals surface area contributed by atoms with E-state index in [2.05, 4.69) is 14.8 Å². The van der Waals surface area contributed by atoms with E-state index < -0.39 is 16.0 Å². The van der Waals surface area contributed by atoms with Gasteiger partial charge in [0.2, 0.25) is 10.0 Å². The molecule has 0 bridgehead atoms. The standard InChI is InChI=1S/C14H20N2O4S/c1-20-14(17)12-4-2-3-11(9-12)10-21(18,19)16-13-5-7-15-8-6-13/h2-4,9,13,15-16H,5-8,10H2,1H3. The number of benzene rings is 1. The van der Waals surface area contributed by atoms with Crippen molar-refractivity contribution in [1.29, 1.82) is 0 Å². The molecule has 1 fully saturated rings. The van der Waals surface area contributed by atoms with E-state index in [9.17, 15) is 13.2 Å². The summed E-state index contributed by atoms with van der Waals surface area (Å²) in [4.78, 5) is 11.5. The van der Waals surface area contributed by atoms with Gasteiger partial charge in [-0.1, -0.05) is 12.1 Å². The summed E-state index contributed by atoms with van der Waals surface area (Å²) >= 11 is 0. The molecule has 6 nitrogen and oxygen atoms in total. The number of hydrogen-bond acceptors (Lipinski definition) is 5. The summed E-state index contributed by atoms with van der Waals surface area (Å²) in [5.74, 6) is -0.609. The topological polar surface area (TPSA) is 84.5 Å². The zero-order valence-corrected chi connectivity index (χ0v) is 12.8. The minimum absolute atomic E-state index is 0.0139. The van der Waals surface area contributed by atoms with Gasteiger partial charge in [-0.05, 0) is 43.6 Å². The molecule has 0 radical (unpaired) electrons. The summed E-state index contributed by atoms with van der Waals surface area (Å²) in [5.41, 5.74) is 0.923. The lowest BCUT2D eigenvalue weighted by molar-refractivity contribution is 0.0600. The maximum Gasteiger partial charge on any atom is 0.337 e. The Hall–Kier alpha value is -1.44. The highest BCUT2D eigenvalue weighted by molar-refractivity contribution is 7.88. The van der Waals surface area contributed by atoms with Crippen LogP contribution in [0.2, 0.25) is 0 Å². The van der Waals surface area contributed by atoms with Gasteiger partial charge in [0, 0.05) is 6.04 Å². The molecule has 0 spiro atoms. The van der Waals surface area contributed by atoms with Gasteiger partial charge in [0.1, 0.15) is 0 Å². The fraction of sp³-hybridized carbons (Fsp3) is 0.500. The Morgan fingerprint density at radius 2 is 2.10 bits per heavy atom. The molecule has 1 heterocycles. The summed E-state index contributed by atoms with van der Waals surface area (Å²) in [6, 6.07) is 6.48. The highest BCUT2D eigenvalue weighted by Crippen LogP contribution is 2.11. The predicted molar refractivity (Wildman–Crippen MR) is 79.4 cm³/mol. The normalized spacial score (nSPS) is 16.6. The number of carbonyl (C=O) groups excluding carboxylic acids is 1. The highest BCUT2D eigenvalue weighted by atomic mass is 32.2. The summed E-state index contributed by atoms with van der Waals surface area (Å²) in [6.45, 7) is 1.65. The molecule has 1 aliphatic heterocycles. The van der Waals surface area contributed by atoms with Gasteiger partial charge in [0.05, 0.1) is 18.4 Å². The number of ether oxygens (including phenoxy) is 1. The van der Waals surface area contributed by atoms with Crippen LogP contribution >= 0.6 is 0 Å². The SMILES string of the molecule is COC(=O)c1cccc(CS(=O)(=O)NC2CCNCC2)c1. The maximum absolute atomic E-state index is 12.2. The van der Waals surface area contributed by atoms with Crippen LogP contribution in [0.25, 0.3) is 0 Å². The molecule has 0 aromatic heterocycles. The van der Waals surface area contributed by atoms with E-state index in [1.54, 1.807) is 24.3 Å². The number of methoxy groups -OCH3 is 1. The van der Waals surface area contributed by atoms with Crippen LogP contribution in [0.1, 0.15) is 28.8 Å². The van der Waals surface area contributed by atoms with Gasteiger partial charge in [-0.2, -0.15) is 0 Å². The van der Waals surface area contributed by atoms with Gasteiger partial charge in [-0.3, -0.25) is 0 Å². The third-order valence-electron chi connectivity index (χ3n) is 3.39. The van der Waals surface area contributed by atoms with Crippen molar-refractivity contribution < 1.29 is 17.9 Å². The van der Waals surface area contributed by atoms with Crippen LogP contribution in [-0.4, -0.2) is 40.6 Å². The van der Waals surface area contributed by atoms with Crippen molar-refractivity contribution in [3.05, 3.63) is 35.4 Å². The van der Waals surface area contributed by atoms with Crippen molar-refractivity contribution >= 4 is 16.0 Å². The zero-order chi connectivity index (χ0) is 15.3. The molecule has 0 unspecified atom stereocenters. The second-order valence-corrected chi connectivity index (χ2v) is 6.85. The Bertz CT molecular complexity index is 595. The summed E-state index contributed by atoms with van der Waals surface area (Å²) in [6.07, 6.45) is 1.59. The van der Waals surface area contributed by atoms with E-state index in [4.69, 9.17) is 0 Å². The molecule has 21 heavy (non-hydrogen) atoms. The summed E-state index contributed by atoms with van der Waals surface area (Å²) in [5, 5.41) is 3.19. The first kappa shape index (κ1) is 15.9. The molecule has 1 aliphatic rings. The number of rotatable bonds is 5. The molecule has 116 valence electrons. The molecule has 0 aliphatic carbocycles. The van der Waals surface area contributed by atoms with Crippen molar-refractivity contribution in [3.8, 4) is 0 Å². The van der Waals surface area contributed by atoms with E-state index in [-0.39, 0.29) is 11.8 Å². The minimum Gasteiger partial charge on any atom is -0.465 e. The van der Waals surface area contributed by atoms with Gasteiger partial charge in [0.25, 0.3) is 0 Å². The Morgan fingerprint density at radius 1 is 1.38 bits per heavy atom. The van der Waals surface area contributed by atoms with Gasteiger partial charge >= 0.3 is 5.97 Å². The summed E-state index contributed by atoms with van der Waals surface area (Å²) < 4.78 is 31.7. The average molecular weight is 312 g/mol. The first-order valence-electron chi connectivity index (χ1n) is 6.88. The van der Waals surface area contributed by atoms with E-state index in [1.807, 2.05) is 0 Å². The van der Waals surface area contributed by atoms with Gasteiger partial charge in [-0.15, -0.1) is 0 Å². The van der Waals surface area contributed by atoms with E-state index in [0.29, 0.717) is 11.1 Å². The maximum atomic E-state index is 12.2. The molecule has 0 atom stereocenters. The lowest BCUT2D eigenvalue weighted by Gasteiger charge is -2.23. The minimum atomic E-state index is -3.41. The van der Waals surface area contributed by atoms with Crippen molar-refractivity contribution in [2.75, 3.05) is 20.2 Å². The molecular formula is C14H20N2O4S. The van der Waals surface area contributed by atoms with Crippen LogP contribution in [0.5, 0.6) is 0 Å². The lowest BCUT2D eigenvalue weighted by Crippen LogP contribution is -2.43. The number of sulfonamides is 1. The molecule has 2 N–H and O–H groups in total. The Kier molecular flexibility index (Phi) is 5.33. The van der Waals surface area contributed by atoms with Crippen LogP contribution in [0.3, 0.4) is 0 Å². The van der Waals surface area contributed by atoms with E-state index in [0.717, 1.165) is 25.9 Å². The van der Waals surface area contributed by atoms with Crippen molar-refractivity contribution in [2.24, 2.45) is 0 Å². The largest absolute Gasteiger partial charge is 0.465 e. The first-order chi connectivity index (χ1) is 10.00. The number of carbonyl (C=O) groups is 1. The Labute approximate surface area is 124 Å². The smallest absolute Gasteiger partial charge is 0.337 e. The fourth-order valence-corrected chi connectivity index (χ4v) is 3.81. The Balaban J connectivity index is 2.03. The van der Waals surface area contributed by atoms with Crippen LogP contribution in [0.4, 0.5) is 0 Å². The third-order valence-corrected chi connectivity index (χ3v) is 4.80. The summed E-state index contributed by atoms with van der Waals surface area (Å²) in [7, 11) is -2.12. The van der Waals surface area contributed by atoms with Crippen molar-refractivity contribution in [2.45, 2.75) is 24.6 Å². The molecule has 7 heteroatoms. The van der Waals surface area contributed by atoms with Gasteiger partial charge in [0.15, 0.2) is 0 Å². The average Bonchev–Trinajstić information content (AvgIpc) is 2.46. The lowest BCUT2D eigenvalue weighted by atomic mass is 10.1. The molecule has 1 aromatic carbocycles. The molecule has 1 aromatic rings. The molecule has 0 saturated carbocycles. The highest BCUT2D eigenvalue weighted by Gasteiger charge is 2.20. The van der Waals surface area contributed by atoms with Crippen LogP contribution in [0.15, 0.2) is 24.3 Å². The second-order valence-electron chi connectivity index (χ2n) is 5.09. The van der Waals surface area contributed by atoms with Gasteiger partial charge < -0.3 is 10.1 Å². The van der Waals surface area contributed by atoms with Crippen molar-refractivity contribution in [1.82, 2.24) is 10.0 Å². The number of hydrogen-bond donors (Lipinski definition) is 2. The monoisotopic (exact) mass is 312 g/mol. The molecule has 1 saturated heterocycles. The number of esters is 1. The Morgan fingerprint density at radius 3 is 2.76 bits per heavy atom. The van der Waals surface area contributed by atoms with E-state index >= 15 is 0 Å². The second kappa shape index (κ2) is 7.02. The zero-order valence-electron chi connectivity index (χ0n) is 12.0. The van der Waals surface area contributed by atoms with E-state index in [1.165, 1.54) is 7.11 Å². The van der Waals surface area contributed by atoms with Crippen LogP contribution in [-0.2, 0) is 20.5 Å². The quantitative estimate of drug-likeness (QED) is 0.780. The third kappa shape index (κ3) is 4.80. The predicted octanol–water partition coefficient (Wildman–Crippen LogP) is 0.645. The molecular weight excluding hydrogens is 292 g/mol. The molecule has 0 amide bonds.